The third-order valence-electron chi connectivity index (χ3n) is 2.34. The second kappa shape index (κ2) is 5.32. The lowest BCUT2D eigenvalue weighted by molar-refractivity contribution is -0.303. The average molecular weight is 202 g/mol. The van der Waals surface area contributed by atoms with E-state index >= 15 is 0 Å². The van der Waals surface area contributed by atoms with Crippen LogP contribution in [0.1, 0.15) is 40.5 Å². The summed E-state index contributed by atoms with van der Waals surface area (Å²) in [7, 11) is 0. The van der Waals surface area contributed by atoms with Gasteiger partial charge in [-0.3, -0.25) is 10.5 Å². The minimum Gasteiger partial charge on any atom is -0.250 e. The van der Waals surface area contributed by atoms with Crippen LogP contribution in [0.5, 0.6) is 0 Å². The Bertz CT molecular complexity index is 196. The molecule has 2 N–H and O–H groups in total. The molecular formula is C10H18O4. The van der Waals surface area contributed by atoms with Crippen LogP contribution in [0.2, 0.25) is 0 Å². The molecule has 0 heterocycles. The van der Waals surface area contributed by atoms with E-state index in [4.69, 9.17) is 10.5 Å². The van der Waals surface area contributed by atoms with E-state index in [1.54, 1.807) is 13.8 Å². The van der Waals surface area contributed by atoms with Crippen molar-refractivity contribution in [1.82, 2.24) is 0 Å². The molecule has 0 aliphatic rings. The van der Waals surface area contributed by atoms with Crippen molar-refractivity contribution < 1.29 is 20.3 Å². The first-order chi connectivity index (χ1) is 6.45. The Labute approximate surface area is 84.7 Å². The molecule has 0 fully saturated rings. The third-order valence-corrected chi connectivity index (χ3v) is 2.34. The Hall–Kier alpha value is -0.600. The van der Waals surface area contributed by atoms with Crippen LogP contribution in [0.4, 0.5) is 0 Å². The fourth-order valence-electron chi connectivity index (χ4n) is 0.616. The van der Waals surface area contributed by atoms with Crippen LogP contribution in [0.25, 0.3) is 0 Å². The molecule has 0 amide bonds. The number of rotatable bonds is 4. The quantitative estimate of drug-likeness (QED) is 0.417. The summed E-state index contributed by atoms with van der Waals surface area (Å²) in [6, 6.07) is 0. The van der Waals surface area contributed by atoms with E-state index in [1.807, 2.05) is 13.8 Å². The van der Waals surface area contributed by atoms with Gasteiger partial charge in [-0.25, -0.2) is 9.78 Å². The standard InChI is InChI=1S/C10H18O4/c1-5-9(3,13-11)7-8-10(4,6-2)14-12/h11-12H,5-6H2,1-4H3. The van der Waals surface area contributed by atoms with Crippen molar-refractivity contribution in [2.45, 2.75) is 51.7 Å². The molecule has 14 heavy (non-hydrogen) atoms. The molecule has 0 aliphatic heterocycles. The minimum atomic E-state index is -0.908. The second-order valence-corrected chi connectivity index (χ2v) is 3.60. The molecule has 2 atom stereocenters. The van der Waals surface area contributed by atoms with Crippen molar-refractivity contribution in [3.63, 3.8) is 0 Å². The van der Waals surface area contributed by atoms with Gasteiger partial charge in [0.2, 0.25) is 0 Å². The van der Waals surface area contributed by atoms with Gasteiger partial charge < -0.3 is 0 Å². The van der Waals surface area contributed by atoms with Gasteiger partial charge in [0.15, 0.2) is 11.2 Å². The summed E-state index contributed by atoms with van der Waals surface area (Å²) in [6.07, 6.45) is 1.09. The fraction of sp³-hybridized carbons (Fsp3) is 0.800. The van der Waals surface area contributed by atoms with Gasteiger partial charge in [0, 0.05) is 0 Å². The van der Waals surface area contributed by atoms with Crippen molar-refractivity contribution in [1.29, 1.82) is 0 Å². The molecule has 0 radical (unpaired) electrons. The molecule has 82 valence electrons. The molecule has 4 heteroatoms. The maximum atomic E-state index is 8.62. The summed E-state index contributed by atoms with van der Waals surface area (Å²) in [4.78, 5) is 8.52. The average Bonchev–Trinajstić information content (AvgIpc) is 2.25. The summed E-state index contributed by atoms with van der Waals surface area (Å²) in [5.41, 5.74) is -1.82. The van der Waals surface area contributed by atoms with E-state index in [0.717, 1.165) is 0 Å². The van der Waals surface area contributed by atoms with E-state index in [-0.39, 0.29) is 0 Å². The molecule has 2 unspecified atom stereocenters. The zero-order chi connectivity index (χ0) is 11.2. The molecule has 0 rings (SSSR count). The first kappa shape index (κ1) is 13.4. The molecule has 0 saturated carbocycles. The van der Waals surface area contributed by atoms with E-state index < -0.39 is 11.2 Å². The van der Waals surface area contributed by atoms with Gasteiger partial charge >= 0.3 is 0 Å². The third kappa shape index (κ3) is 3.64. The summed E-state index contributed by atoms with van der Waals surface area (Å²) >= 11 is 0. The zero-order valence-corrected chi connectivity index (χ0v) is 9.13. The second-order valence-electron chi connectivity index (χ2n) is 3.60. The minimum absolute atomic E-state index is 0.543. The van der Waals surface area contributed by atoms with Crippen LogP contribution in [0.15, 0.2) is 0 Å². The Morgan fingerprint density at radius 1 is 0.929 bits per heavy atom. The van der Waals surface area contributed by atoms with Crippen LogP contribution in [-0.4, -0.2) is 21.7 Å². The highest BCUT2D eigenvalue weighted by Gasteiger charge is 2.24. The van der Waals surface area contributed by atoms with Crippen molar-refractivity contribution >= 4 is 0 Å². The summed E-state index contributed by atoms with van der Waals surface area (Å²) in [6.45, 7) is 7.00. The van der Waals surface area contributed by atoms with E-state index in [1.165, 1.54) is 0 Å². The predicted octanol–water partition coefficient (Wildman–Crippen LogP) is 2.31. The number of hydrogen-bond donors (Lipinski definition) is 2. The Kier molecular flexibility index (Phi) is 5.09. The molecule has 0 saturated heterocycles. The molecule has 0 aromatic heterocycles. The molecule has 4 nitrogen and oxygen atoms in total. The summed E-state index contributed by atoms with van der Waals surface area (Å²) < 4.78 is 0. The Morgan fingerprint density at radius 3 is 1.36 bits per heavy atom. The molecular weight excluding hydrogens is 184 g/mol. The predicted molar refractivity (Wildman–Crippen MR) is 52.6 cm³/mol. The lowest BCUT2D eigenvalue weighted by Gasteiger charge is -2.20. The summed E-state index contributed by atoms with van der Waals surface area (Å²) in [5.74, 6) is 5.46. The maximum absolute atomic E-state index is 8.62. The SMILES string of the molecule is CCC(C)(C#CC(C)(CC)OO)OO. The van der Waals surface area contributed by atoms with E-state index in [2.05, 4.69) is 21.6 Å². The van der Waals surface area contributed by atoms with Crippen molar-refractivity contribution in [3.05, 3.63) is 0 Å². The van der Waals surface area contributed by atoms with Crippen molar-refractivity contribution in [2.75, 3.05) is 0 Å². The molecule has 0 bridgehead atoms. The highest BCUT2D eigenvalue weighted by molar-refractivity contribution is 5.19. The van der Waals surface area contributed by atoms with Gasteiger partial charge in [-0.05, 0) is 26.7 Å². The maximum Gasteiger partial charge on any atom is 0.160 e. The topological polar surface area (TPSA) is 58.9 Å². The van der Waals surface area contributed by atoms with Crippen LogP contribution < -0.4 is 0 Å². The highest BCUT2D eigenvalue weighted by Crippen LogP contribution is 2.16. The van der Waals surface area contributed by atoms with Gasteiger partial charge in [-0.1, -0.05) is 25.7 Å². The molecule has 0 aromatic rings. The molecule has 0 aliphatic carbocycles. The van der Waals surface area contributed by atoms with Gasteiger partial charge in [-0.15, -0.1) is 0 Å². The normalized spacial score (nSPS) is 19.0. The van der Waals surface area contributed by atoms with Gasteiger partial charge in [-0.2, -0.15) is 0 Å². The van der Waals surface area contributed by atoms with Gasteiger partial charge in [0.05, 0.1) is 0 Å². The van der Waals surface area contributed by atoms with Crippen LogP contribution in [-0.2, 0) is 9.78 Å². The van der Waals surface area contributed by atoms with Gasteiger partial charge in [0.1, 0.15) is 0 Å². The molecule has 0 aromatic carbocycles. The Balaban J connectivity index is 4.69. The summed E-state index contributed by atoms with van der Waals surface area (Å²) in [5, 5.41) is 17.2. The first-order valence-electron chi connectivity index (χ1n) is 4.64. The van der Waals surface area contributed by atoms with Crippen LogP contribution in [0, 0.1) is 11.8 Å². The smallest absolute Gasteiger partial charge is 0.160 e. The van der Waals surface area contributed by atoms with Crippen molar-refractivity contribution in [2.24, 2.45) is 0 Å². The largest absolute Gasteiger partial charge is 0.250 e. The lowest BCUT2D eigenvalue weighted by atomic mass is 9.99. The van der Waals surface area contributed by atoms with E-state index in [9.17, 15) is 0 Å². The van der Waals surface area contributed by atoms with Crippen LogP contribution >= 0.6 is 0 Å². The van der Waals surface area contributed by atoms with Crippen LogP contribution in [0.3, 0.4) is 0 Å². The Morgan fingerprint density at radius 2 is 1.21 bits per heavy atom. The number of hydrogen-bond acceptors (Lipinski definition) is 4. The van der Waals surface area contributed by atoms with Crippen molar-refractivity contribution in [3.8, 4) is 11.8 Å². The first-order valence-corrected chi connectivity index (χ1v) is 4.64. The fourth-order valence-corrected chi connectivity index (χ4v) is 0.616. The molecule has 0 spiro atoms. The highest BCUT2D eigenvalue weighted by atomic mass is 17.1. The lowest BCUT2D eigenvalue weighted by Crippen LogP contribution is -2.28. The van der Waals surface area contributed by atoms with Gasteiger partial charge in [0.25, 0.3) is 0 Å². The zero-order valence-electron chi connectivity index (χ0n) is 9.13. The monoisotopic (exact) mass is 202 g/mol. The van der Waals surface area contributed by atoms with E-state index in [0.29, 0.717) is 12.8 Å².